The van der Waals surface area contributed by atoms with Gasteiger partial charge in [-0.1, -0.05) is 86.6 Å². The van der Waals surface area contributed by atoms with Crippen LogP contribution in [0.2, 0.25) is 0 Å². The van der Waals surface area contributed by atoms with Gasteiger partial charge in [-0.05, 0) is 28.3 Å². The maximum absolute atomic E-state index is 14.0. The number of imidazole rings is 1. The van der Waals surface area contributed by atoms with Gasteiger partial charge in [0.25, 0.3) is 5.56 Å². The molecule has 0 bridgehead atoms. The summed E-state index contributed by atoms with van der Waals surface area (Å²) >= 11 is 0. The number of hydrogen-bond donors (Lipinski definition) is 0. The van der Waals surface area contributed by atoms with Crippen LogP contribution in [0.3, 0.4) is 0 Å². The Morgan fingerprint density at radius 3 is 2.46 bits per heavy atom. The summed E-state index contributed by atoms with van der Waals surface area (Å²) in [6.07, 6.45) is 7.12. The molecule has 3 aromatic heterocycles. The Labute approximate surface area is 214 Å². The molecule has 1 unspecified atom stereocenters. The van der Waals surface area contributed by atoms with Crippen molar-refractivity contribution in [2.24, 2.45) is 5.92 Å². The van der Waals surface area contributed by atoms with E-state index in [-0.39, 0.29) is 17.5 Å². The minimum atomic E-state index is -0.218. The quantitative estimate of drug-likeness (QED) is 0.286. The van der Waals surface area contributed by atoms with Gasteiger partial charge in [-0.25, -0.2) is 9.97 Å². The minimum Gasteiger partial charge on any atom is -0.320 e. The lowest BCUT2D eigenvalue weighted by molar-refractivity contribution is 0.401. The summed E-state index contributed by atoms with van der Waals surface area (Å²) in [4.78, 5) is 28.0. The fraction of sp³-hybridized carbons (Fsp3) is 0.161. The molecule has 182 valence electrons. The van der Waals surface area contributed by atoms with E-state index in [4.69, 9.17) is 9.97 Å². The zero-order valence-electron chi connectivity index (χ0n) is 20.8. The maximum Gasteiger partial charge on any atom is 0.261 e. The standard InChI is InChI=1S/C31H27N5O/c1-21(2)28(35-18-17-33-29(35)23-10-4-3-5-11-23)30-34-27-19-32-16-15-26(27)31(37)36(30)20-24-13-8-12-22-9-6-7-14-25(22)24/h3-19,21,28H,20H2,1-2H3. The number of pyridine rings is 1. The minimum absolute atomic E-state index is 0.0673. The predicted octanol–water partition coefficient (Wildman–Crippen LogP) is 6.10. The van der Waals surface area contributed by atoms with Crippen molar-refractivity contribution in [3.05, 3.63) is 125 Å². The second kappa shape index (κ2) is 9.47. The Morgan fingerprint density at radius 1 is 0.838 bits per heavy atom. The molecule has 0 aliphatic rings. The molecule has 1 atom stereocenters. The number of benzene rings is 3. The molecule has 0 aliphatic carbocycles. The van der Waals surface area contributed by atoms with E-state index in [1.807, 2.05) is 53.4 Å². The van der Waals surface area contributed by atoms with E-state index < -0.39 is 0 Å². The largest absolute Gasteiger partial charge is 0.320 e. The first-order valence-corrected chi connectivity index (χ1v) is 12.5. The van der Waals surface area contributed by atoms with E-state index in [1.54, 1.807) is 18.5 Å². The third kappa shape index (κ3) is 4.10. The van der Waals surface area contributed by atoms with Crippen LogP contribution in [0.1, 0.15) is 31.3 Å². The molecule has 37 heavy (non-hydrogen) atoms. The molecule has 0 saturated carbocycles. The van der Waals surface area contributed by atoms with Crippen molar-refractivity contribution >= 4 is 21.7 Å². The Kier molecular flexibility index (Phi) is 5.85. The van der Waals surface area contributed by atoms with E-state index in [0.717, 1.165) is 27.7 Å². The lowest BCUT2D eigenvalue weighted by Gasteiger charge is -2.27. The molecule has 6 heteroatoms. The van der Waals surface area contributed by atoms with Gasteiger partial charge in [-0.3, -0.25) is 14.3 Å². The summed E-state index contributed by atoms with van der Waals surface area (Å²) in [5, 5.41) is 2.84. The van der Waals surface area contributed by atoms with Crippen LogP contribution in [0.15, 0.2) is 108 Å². The van der Waals surface area contributed by atoms with Crippen LogP contribution >= 0.6 is 0 Å². The molecule has 0 aliphatic heterocycles. The fourth-order valence-corrected chi connectivity index (χ4v) is 5.16. The summed E-state index contributed by atoms with van der Waals surface area (Å²) in [5.41, 5.74) is 2.63. The van der Waals surface area contributed by atoms with Crippen molar-refractivity contribution < 1.29 is 0 Å². The zero-order valence-corrected chi connectivity index (χ0v) is 20.8. The van der Waals surface area contributed by atoms with Gasteiger partial charge in [0.1, 0.15) is 11.6 Å². The SMILES string of the molecule is CC(C)C(c1nc2cnccc2c(=O)n1Cc1cccc2ccccc12)n1ccnc1-c1ccccc1. The van der Waals surface area contributed by atoms with E-state index in [1.165, 1.54) is 0 Å². The van der Waals surface area contributed by atoms with Crippen molar-refractivity contribution in [3.63, 3.8) is 0 Å². The average Bonchev–Trinajstić information content (AvgIpc) is 3.40. The van der Waals surface area contributed by atoms with Gasteiger partial charge in [0.05, 0.1) is 29.7 Å². The number of nitrogens with zero attached hydrogens (tertiary/aromatic N) is 5. The summed E-state index contributed by atoms with van der Waals surface area (Å²) in [7, 11) is 0. The van der Waals surface area contributed by atoms with Crippen molar-refractivity contribution in [3.8, 4) is 11.4 Å². The molecule has 6 rings (SSSR count). The van der Waals surface area contributed by atoms with Crippen molar-refractivity contribution in [2.75, 3.05) is 0 Å². The molecule has 3 heterocycles. The highest BCUT2D eigenvalue weighted by Gasteiger charge is 2.27. The van der Waals surface area contributed by atoms with Crippen LogP contribution in [0.4, 0.5) is 0 Å². The first-order chi connectivity index (χ1) is 18.1. The number of aromatic nitrogens is 5. The van der Waals surface area contributed by atoms with Crippen LogP contribution in [0.25, 0.3) is 33.1 Å². The molecule has 0 spiro atoms. The predicted molar refractivity (Wildman–Crippen MR) is 147 cm³/mol. The van der Waals surface area contributed by atoms with Gasteiger partial charge < -0.3 is 4.57 Å². The smallest absolute Gasteiger partial charge is 0.261 e. The second-order valence-corrected chi connectivity index (χ2v) is 9.61. The van der Waals surface area contributed by atoms with Gasteiger partial charge in [-0.2, -0.15) is 0 Å². The van der Waals surface area contributed by atoms with E-state index in [0.29, 0.717) is 23.3 Å². The normalized spacial score (nSPS) is 12.4. The van der Waals surface area contributed by atoms with Gasteiger partial charge in [-0.15, -0.1) is 0 Å². The van der Waals surface area contributed by atoms with Crippen LogP contribution in [-0.2, 0) is 6.54 Å². The zero-order chi connectivity index (χ0) is 25.4. The van der Waals surface area contributed by atoms with Crippen LogP contribution in [0, 0.1) is 5.92 Å². The van der Waals surface area contributed by atoms with Gasteiger partial charge in [0.2, 0.25) is 0 Å². The summed E-state index contributed by atoms with van der Waals surface area (Å²) in [6, 6.07) is 26.2. The molecule has 6 aromatic rings. The fourth-order valence-electron chi connectivity index (χ4n) is 5.16. The summed E-state index contributed by atoms with van der Waals surface area (Å²) in [6.45, 7) is 4.72. The number of rotatable bonds is 6. The Bertz CT molecular complexity index is 1760. The molecule has 0 saturated heterocycles. The maximum atomic E-state index is 14.0. The monoisotopic (exact) mass is 485 g/mol. The molecule has 6 nitrogen and oxygen atoms in total. The van der Waals surface area contributed by atoms with Gasteiger partial charge in [0, 0.05) is 24.2 Å². The van der Waals surface area contributed by atoms with Crippen molar-refractivity contribution in [2.45, 2.75) is 26.4 Å². The lowest BCUT2D eigenvalue weighted by Crippen LogP contribution is -2.31. The average molecular weight is 486 g/mol. The molecular weight excluding hydrogens is 458 g/mol. The van der Waals surface area contributed by atoms with Crippen LogP contribution in [0.5, 0.6) is 0 Å². The second-order valence-electron chi connectivity index (χ2n) is 9.61. The highest BCUT2D eigenvalue weighted by molar-refractivity contribution is 5.85. The van der Waals surface area contributed by atoms with Gasteiger partial charge in [0.15, 0.2) is 0 Å². The number of fused-ring (bicyclic) bond motifs is 2. The highest BCUT2D eigenvalue weighted by Crippen LogP contribution is 2.31. The Morgan fingerprint density at radius 2 is 1.62 bits per heavy atom. The highest BCUT2D eigenvalue weighted by atomic mass is 16.1. The molecule has 0 fully saturated rings. The number of hydrogen-bond acceptors (Lipinski definition) is 4. The molecule has 3 aromatic carbocycles. The molecule has 0 amide bonds. The third-order valence-corrected chi connectivity index (χ3v) is 6.89. The van der Waals surface area contributed by atoms with Gasteiger partial charge >= 0.3 is 0 Å². The van der Waals surface area contributed by atoms with Crippen molar-refractivity contribution in [1.29, 1.82) is 0 Å². The van der Waals surface area contributed by atoms with Crippen LogP contribution in [-0.4, -0.2) is 24.1 Å². The van der Waals surface area contributed by atoms with E-state index in [9.17, 15) is 4.79 Å². The molecule has 0 N–H and O–H groups in total. The Hall–Kier alpha value is -4.58. The molecule has 0 radical (unpaired) electrons. The van der Waals surface area contributed by atoms with Crippen LogP contribution < -0.4 is 5.56 Å². The van der Waals surface area contributed by atoms with E-state index >= 15 is 0 Å². The first-order valence-electron chi connectivity index (χ1n) is 12.5. The summed E-state index contributed by atoms with van der Waals surface area (Å²) in [5.74, 6) is 1.68. The molecular formula is C31H27N5O. The first kappa shape index (κ1) is 22.9. The van der Waals surface area contributed by atoms with E-state index in [2.05, 4.69) is 59.8 Å². The Balaban J connectivity index is 1.60. The lowest BCUT2D eigenvalue weighted by atomic mass is 10.0. The van der Waals surface area contributed by atoms with Crippen molar-refractivity contribution in [1.82, 2.24) is 24.1 Å². The topological polar surface area (TPSA) is 65.6 Å². The third-order valence-electron chi connectivity index (χ3n) is 6.89. The summed E-state index contributed by atoms with van der Waals surface area (Å²) < 4.78 is 3.98.